The minimum Gasteiger partial charge on any atom is -0.497 e. The van der Waals surface area contributed by atoms with Crippen LogP contribution in [0.25, 0.3) is 0 Å². The van der Waals surface area contributed by atoms with Gasteiger partial charge >= 0.3 is 0 Å². The van der Waals surface area contributed by atoms with Gasteiger partial charge in [-0.1, -0.05) is 36.4 Å². The molecule has 0 aliphatic carbocycles. The van der Waals surface area contributed by atoms with Crippen molar-refractivity contribution in [2.75, 3.05) is 45.3 Å². The van der Waals surface area contributed by atoms with Gasteiger partial charge in [0.05, 0.1) is 7.11 Å². The smallest absolute Gasteiger partial charge is 0.119 e. The minimum absolute atomic E-state index is 0.241. The lowest BCUT2D eigenvalue weighted by atomic mass is 10.2. The molecule has 0 spiro atoms. The number of pyridine rings is 1. The van der Waals surface area contributed by atoms with E-state index in [-0.39, 0.29) is 6.61 Å². The number of hydrogen-bond acceptors (Lipinski definition) is 6. The summed E-state index contributed by atoms with van der Waals surface area (Å²) >= 11 is 0. The van der Waals surface area contributed by atoms with E-state index in [0.717, 1.165) is 44.9 Å². The van der Waals surface area contributed by atoms with Gasteiger partial charge in [0.1, 0.15) is 5.75 Å². The van der Waals surface area contributed by atoms with Crippen LogP contribution in [0.1, 0.15) is 17.5 Å². The van der Waals surface area contributed by atoms with Gasteiger partial charge in [0, 0.05) is 50.9 Å². The van der Waals surface area contributed by atoms with Crippen molar-refractivity contribution in [3.8, 4) is 5.75 Å². The number of nitrogens with one attached hydrogen (secondary N) is 2. The molecule has 3 N–H and O–H groups in total. The Morgan fingerprint density at radius 1 is 0.969 bits per heavy atom. The van der Waals surface area contributed by atoms with Gasteiger partial charge in [0.2, 0.25) is 0 Å². The van der Waals surface area contributed by atoms with Crippen LogP contribution in [0, 0.1) is 0 Å². The van der Waals surface area contributed by atoms with Crippen LogP contribution >= 0.6 is 0 Å². The third kappa shape index (κ3) is 9.92. The van der Waals surface area contributed by atoms with E-state index < -0.39 is 0 Å². The van der Waals surface area contributed by atoms with Crippen molar-refractivity contribution in [3.05, 3.63) is 90.3 Å². The van der Waals surface area contributed by atoms with Gasteiger partial charge in [0.15, 0.2) is 0 Å². The molecule has 3 rings (SSSR count). The standard InChI is InChI=1S/C17H23N3O.C9H13NO/c21-13-5-10-18-11-12-20(17-7-2-1-3-8-17)15-16-6-4-9-19-14-16;1-10-7-8-4-3-5-9(6-8)11-2/h1-4,6-9,14,18,21H,5,10-13,15H2;3-6,10H,7H2,1-2H3. The molecule has 0 amide bonds. The largest absolute Gasteiger partial charge is 0.497 e. The summed E-state index contributed by atoms with van der Waals surface area (Å²) in [6, 6.07) is 22.5. The van der Waals surface area contributed by atoms with E-state index >= 15 is 0 Å². The van der Waals surface area contributed by atoms with Gasteiger partial charge in [0.25, 0.3) is 0 Å². The lowest BCUT2D eigenvalue weighted by molar-refractivity contribution is 0.286. The summed E-state index contributed by atoms with van der Waals surface area (Å²) in [6.07, 6.45) is 4.51. The zero-order chi connectivity index (χ0) is 22.9. The van der Waals surface area contributed by atoms with Gasteiger partial charge in [-0.15, -0.1) is 0 Å². The number of anilines is 1. The fourth-order valence-corrected chi connectivity index (χ4v) is 3.18. The first kappa shape index (κ1) is 25.3. The van der Waals surface area contributed by atoms with E-state index in [1.54, 1.807) is 13.3 Å². The van der Waals surface area contributed by atoms with E-state index in [0.29, 0.717) is 0 Å². The maximum absolute atomic E-state index is 8.79. The van der Waals surface area contributed by atoms with E-state index in [4.69, 9.17) is 9.84 Å². The second kappa shape index (κ2) is 15.8. The van der Waals surface area contributed by atoms with Crippen LogP contribution in [-0.2, 0) is 13.1 Å². The fourth-order valence-electron chi connectivity index (χ4n) is 3.18. The normalized spacial score (nSPS) is 10.2. The highest BCUT2D eigenvalue weighted by Gasteiger charge is 2.06. The molecular formula is C26H36N4O2. The Bertz CT molecular complexity index is 847. The van der Waals surface area contributed by atoms with Crippen LogP contribution in [0.3, 0.4) is 0 Å². The number of rotatable bonds is 12. The third-order valence-corrected chi connectivity index (χ3v) is 4.80. The average molecular weight is 437 g/mol. The summed E-state index contributed by atoms with van der Waals surface area (Å²) in [7, 11) is 3.61. The topological polar surface area (TPSA) is 69.7 Å². The molecule has 32 heavy (non-hydrogen) atoms. The van der Waals surface area contributed by atoms with Gasteiger partial charge in [-0.3, -0.25) is 4.98 Å². The Kier molecular flexibility index (Phi) is 12.5. The van der Waals surface area contributed by atoms with Crippen LogP contribution in [0.2, 0.25) is 0 Å². The molecule has 6 nitrogen and oxygen atoms in total. The number of aliphatic hydroxyl groups is 1. The molecule has 0 bridgehead atoms. The SMILES string of the molecule is CNCc1cccc(OC)c1.OCCCNCCN(Cc1cccnc1)c1ccccc1. The van der Waals surface area contributed by atoms with Crippen molar-refractivity contribution in [1.82, 2.24) is 15.6 Å². The number of methoxy groups -OCH3 is 1. The summed E-state index contributed by atoms with van der Waals surface area (Å²) in [5, 5.41) is 15.2. The molecule has 0 saturated heterocycles. The van der Waals surface area contributed by atoms with Crippen molar-refractivity contribution < 1.29 is 9.84 Å². The Labute approximate surface area is 192 Å². The molecule has 1 aromatic heterocycles. The van der Waals surface area contributed by atoms with Crippen LogP contribution < -0.4 is 20.3 Å². The fraction of sp³-hybridized carbons (Fsp3) is 0.346. The first-order chi connectivity index (χ1) is 15.8. The number of hydrogen-bond donors (Lipinski definition) is 3. The molecule has 0 aliphatic heterocycles. The second-order valence-corrected chi connectivity index (χ2v) is 7.33. The summed E-state index contributed by atoms with van der Waals surface area (Å²) in [5.74, 6) is 0.915. The van der Waals surface area contributed by atoms with Crippen molar-refractivity contribution in [3.63, 3.8) is 0 Å². The average Bonchev–Trinajstić information content (AvgIpc) is 2.85. The predicted molar refractivity (Wildman–Crippen MR) is 132 cm³/mol. The van der Waals surface area contributed by atoms with Crippen LogP contribution in [0.15, 0.2) is 79.1 Å². The number of para-hydroxylation sites is 1. The summed E-state index contributed by atoms with van der Waals surface area (Å²) in [5.41, 5.74) is 3.66. The Hall–Kier alpha value is -2.93. The highest BCUT2D eigenvalue weighted by Crippen LogP contribution is 2.16. The second-order valence-electron chi connectivity index (χ2n) is 7.33. The molecule has 6 heteroatoms. The first-order valence-corrected chi connectivity index (χ1v) is 11.0. The zero-order valence-corrected chi connectivity index (χ0v) is 19.2. The molecular weight excluding hydrogens is 400 g/mol. The van der Waals surface area contributed by atoms with E-state index in [1.807, 2.05) is 43.6 Å². The number of aromatic nitrogens is 1. The van der Waals surface area contributed by atoms with Crippen molar-refractivity contribution >= 4 is 5.69 Å². The van der Waals surface area contributed by atoms with Gasteiger partial charge in [-0.25, -0.2) is 0 Å². The molecule has 172 valence electrons. The van der Waals surface area contributed by atoms with E-state index in [2.05, 4.69) is 56.9 Å². The molecule has 3 aromatic rings. The number of aliphatic hydroxyl groups excluding tert-OH is 1. The molecule has 0 radical (unpaired) electrons. The summed E-state index contributed by atoms with van der Waals surface area (Å²) in [4.78, 5) is 6.52. The molecule has 0 saturated carbocycles. The minimum atomic E-state index is 0.241. The highest BCUT2D eigenvalue weighted by molar-refractivity contribution is 5.46. The summed E-state index contributed by atoms with van der Waals surface area (Å²) < 4.78 is 5.07. The lowest BCUT2D eigenvalue weighted by Gasteiger charge is -2.25. The Morgan fingerprint density at radius 2 is 1.78 bits per heavy atom. The van der Waals surface area contributed by atoms with Gasteiger partial charge < -0.3 is 25.4 Å². The molecule has 0 fully saturated rings. The first-order valence-electron chi connectivity index (χ1n) is 11.0. The monoisotopic (exact) mass is 436 g/mol. The number of benzene rings is 2. The quantitative estimate of drug-likeness (QED) is 0.378. The van der Waals surface area contributed by atoms with E-state index in [9.17, 15) is 0 Å². The molecule has 0 atom stereocenters. The van der Waals surface area contributed by atoms with Crippen molar-refractivity contribution in [2.24, 2.45) is 0 Å². The van der Waals surface area contributed by atoms with Gasteiger partial charge in [-0.05, 0) is 61.5 Å². The van der Waals surface area contributed by atoms with Crippen molar-refractivity contribution in [1.29, 1.82) is 0 Å². The lowest BCUT2D eigenvalue weighted by Crippen LogP contribution is -2.32. The molecule has 1 heterocycles. The van der Waals surface area contributed by atoms with Crippen molar-refractivity contribution in [2.45, 2.75) is 19.5 Å². The third-order valence-electron chi connectivity index (χ3n) is 4.80. The van der Waals surface area contributed by atoms with E-state index in [1.165, 1.54) is 16.8 Å². The molecule has 2 aromatic carbocycles. The van der Waals surface area contributed by atoms with Crippen LogP contribution in [-0.4, -0.2) is 50.5 Å². The maximum atomic E-state index is 8.79. The summed E-state index contributed by atoms with van der Waals surface area (Å²) in [6.45, 7) is 4.65. The predicted octanol–water partition coefficient (Wildman–Crippen LogP) is 3.47. The van der Waals surface area contributed by atoms with Gasteiger partial charge in [-0.2, -0.15) is 0 Å². The Balaban J connectivity index is 0.000000278. The number of nitrogens with zero attached hydrogens (tertiary/aromatic N) is 2. The maximum Gasteiger partial charge on any atom is 0.119 e. The zero-order valence-electron chi connectivity index (χ0n) is 19.2. The molecule has 0 unspecified atom stereocenters. The molecule has 0 aliphatic rings. The number of ether oxygens (including phenoxy) is 1. The van der Waals surface area contributed by atoms with Crippen LogP contribution in [0.5, 0.6) is 5.75 Å². The Morgan fingerprint density at radius 3 is 2.47 bits per heavy atom. The highest BCUT2D eigenvalue weighted by atomic mass is 16.5. The van der Waals surface area contributed by atoms with Crippen LogP contribution in [0.4, 0.5) is 5.69 Å².